The molecule has 0 radical (unpaired) electrons. The van der Waals surface area contributed by atoms with E-state index >= 15 is 0 Å². The van der Waals surface area contributed by atoms with Crippen molar-refractivity contribution in [1.82, 2.24) is 35.4 Å². The van der Waals surface area contributed by atoms with Crippen LogP contribution in [0.15, 0.2) is 36.7 Å². The summed E-state index contributed by atoms with van der Waals surface area (Å²) in [4.78, 5) is 12.3. The average Bonchev–Trinajstić information content (AvgIpc) is 3.18. The molecule has 0 saturated carbocycles. The van der Waals surface area contributed by atoms with Gasteiger partial charge >= 0.3 is 0 Å². The number of aromatic amines is 1. The second-order valence-electron chi connectivity index (χ2n) is 4.69. The Bertz CT molecular complexity index is 1020. The molecule has 4 rings (SSSR count). The Hall–Kier alpha value is -2.76. The smallest absolute Gasteiger partial charge is 0.280 e. The molecule has 0 atom stereocenters. The van der Waals surface area contributed by atoms with Crippen LogP contribution in [0.3, 0.4) is 0 Å². The van der Waals surface area contributed by atoms with Gasteiger partial charge in [0.2, 0.25) is 0 Å². The van der Waals surface area contributed by atoms with Crippen LogP contribution in [0.1, 0.15) is 10.5 Å². The third-order valence-electron chi connectivity index (χ3n) is 3.21. The third-order valence-corrected chi connectivity index (χ3v) is 3.88. The van der Waals surface area contributed by atoms with E-state index in [1.54, 1.807) is 12.1 Å². The van der Waals surface area contributed by atoms with E-state index in [1.165, 1.54) is 10.8 Å². The van der Waals surface area contributed by atoms with Gasteiger partial charge in [0, 0.05) is 8.96 Å². The molecular weight excluding hydrogens is 411 g/mol. The maximum Gasteiger partial charge on any atom is 0.290 e. The Balaban J connectivity index is 1.55. The van der Waals surface area contributed by atoms with Gasteiger partial charge in [-0.1, -0.05) is 0 Å². The van der Waals surface area contributed by atoms with Crippen molar-refractivity contribution >= 4 is 50.9 Å². The van der Waals surface area contributed by atoms with Gasteiger partial charge in [0.25, 0.3) is 5.91 Å². The lowest BCUT2D eigenvalue weighted by atomic mass is 10.2. The number of hydrogen-bond acceptors (Lipinski definition) is 6. The number of nitrogens with one attached hydrogen (secondary N) is 3. The average molecular weight is 420 g/mol. The minimum Gasteiger partial charge on any atom is -0.280 e. The normalized spacial score (nSPS) is 11.0. The first kappa shape index (κ1) is 13.9. The minimum absolute atomic E-state index is 0.316. The van der Waals surface area contributed by atoms with E-state index < -0.39 is 0 Å². The second kappa shape index (κ2) is 5.46. The van der Waals surface area contributed by atoms with Crippen molar-refractivity contribution in [2.75, 3.05) is 5.43 Å². The van der Waals surface area contributed by atoms with Crippen LogP contribution < -0.4 is 10.9 Å². The van der Waals surface area contributed by atoms with Crippen LogP contribution in [0.5, 0.6) is 0 Å². The zero-order chi connectivity index (χ0) is 15.8. The highest BCUT2D eigenvalue weighted by Crippen LogP contribution is 2.18. The molecule has 3 heterocycles. The van der Waals surface area contributed by atoms with Gasteiger partial charge in [0.15, 0.2) is 17.2 Å². The fourth-order valence-corrected chi connectivity index (χ4v) is 2.63. The number of hydrazine groups is 1. The van der Waals surface area contributed by atoms with Gasteiger partial charge in [-0.25, -0.2) is 0 Å². The summed E-state index contributed by atoms with van der Waals surface area (Å²) in [7, 11) is 0. The van der Waals surface area contributed by atoms with Crippen molar-refractivity contribution in [2.45, 2.75) is 0 Å². The van der Waals surface area contributed by atoms with Crippen LogP contribution in [0.2, 0.25) is 0 Å². The van der Waals surface area contributed by atoms with E-state index in [1.807, 2.05) is 18.2 Å². The molecule has 0 saturated heterocycles. The van der Waals surface area contributed by atoms with Crippen molar-refractivity contribution in [3.63, 3.8) is 0 Å². The summed E-state index contributed by atoms with van der Waals surface area (Å²) in [5.41, 5.74) is 7.07. The van der Waals surface area contributed by atoms with Gasteiger partial charge in [0.05, 0.1) is 5.52 Å². The lowest BCUT2D eigenvalue weighted by Gasteiger charge is -2.06. The van der Waals surface area contributed by atoms with E-state index in [-0.39, 0.29) is 5.91 Å². The lowest BCUT2D eigenvalue weighted by molar-refractivity contribution is 0.0959. The summed E-state index contributed by atoms with van der Waals surface area (Å²) in [6, 6.07) is 9.15. The third kappa shape index (κ3) is 2.56. The molecule has 4 aromatic rings. The Morgan fingerprint density at radius 2 is 2.17 bits per heavy atom. The Kier molecular flexibility index (Phi) is 3.29. The summed E-state index contributed by atoms with van der Waals surface area (Å²) in [6.07, 6.45) is 1.48. The summed E-state index contributed by atoms with van der Waals surface area (Å²) in [5.74, 6) is 0.101. The highest BCUT2D eigenvalue weighted by Gasteiger charge is 2.14. The monoisotopic (exact) mass is 420 g/mol. The predicted octanol–water partition coefficient (Wildman–Crippen LogP) is 1.36. The Morgan fingerprint density at radius 1 is 1.26 bits per heavy atom. The number of fused-ring (bicyclic) bond motifs is 2. The number of carbonyl (C=O) groups is 1. The first-order valence-corrected chi connectivity index (χ1v) is 7.66. The Labute approximate surface area is 142 Å². The van der Waals surface area contributed by atoms with Crippen molar-refractivity contribution < 1.29 is 4.79 Å². The highest BCUT2D eigenvalue weighted by atomic mass is 127. The fraction of sp³-hybridized carbons (Fsp3) is 0. The highest BCUT2D eigenvalue weighted by molar-refractivity contribution is 14.1. The molecule has 0 aliphatic rings. The first-order chi connectivity index (χ1) is 11.2. The van der Waals surface area contributed by atoms with E-state index in [2.05, 4.69) is 58.9 Å². The number of carbonyl (C=O) groups excluding carboxylic acids is 1. The molecule has 1 amide bonds. The lowest BCUT2D eigenvalue weighted by Crippen LogP contribution is -2.30. The number of amides is 1. The molecule has 0 bridgehead atoms. The molecule has 0 aliphatic heterocycles. The number of halogens is 1. The molecule has 0 unspecified atom stereocenters. The van der Waals surface area contributed by atoms with E-state index in [9.17, 15) is 4.79 Å². The maximum absolute atomic E-state index is 12.3. The number of H-pyrrole nitrogens is 1. The SMILES string of the molecule is O=C(NNc1ccc2nncn2n1)c1n[nH]c2ccc(I)cc12. The van der Waals surface area contributed by atoms with Crippen LogP contribution in [0, 0.1) is 3.57 Å². The minimum atomic E-state index is -0.357. The van der Waals surface area contributed by atoms with Gasteiger partial charge in [0.1, 0.15) is 6.33 Å². The number of nitrogens with zero attached hydrogens (tertiary/aromatic N) is 5. The van der Waals surface area contributed by atoms with Gasteiger partial charge < -0.3 is 0 Å². The van der Waals surface area contributed by atoms with Gasteiger partial charge in [-0.15, -0.1) is 15.3 Å². The Morgan fingerprint density at radius 3 is 3.09 bits per heavy atom. The first-order valence-electron chi connectivity index (χ1n) is 6.58. The number of anilines is 1. The number of rotatable bonds is 3. The quantitative estimate of drug-likeness (QED) is 0.341. The topological polar surface area (TPSA) is 113 Å². The number of hydrogen-bond donors (Lipinski definition) is 3. The molecule has 10 heteroatoms. The molecule has 9 nitrogen and oxygen atoms in total. The molecular formula is C13H9IN8O. The second-order valence-corrected chi connectivity index (χ2v) is 5.94. The largest absolute Gasteiger partial charge is 0.290 e. The van der Waals surface area contributed by atoms with Crippen LogP contribution in [-0.4, -0.2) is 35.9 Å². The molecule has 23 heavy (non-hydrogen) atoms. The molecule has 1 aromatic carbocycles. The summed E-state index contributed by atoms with van der Waals surface area (Å²) in [5, 5.41) is 19.5. The number of benzene rings is 1. The summed E-state index contributed by atoms with van der Waals surface area (Å²) >= 11 is 2.19. The van der Waals surface area contributed by atoms with Gasteiger partial charge in [-0.2, -0.15) is 9.61 Å². The van der Waals surface area contributed by atoms with E-state index in [0.717, 1.165) is 14.5 Å². The van der Waals surface area contributed by atoms with Gasteiger partial charge in [-0.05, 0) is 52.9 Å². The fourth-order valence-electron chi connectivity index (χ4n) is 2.13. The maximum atomic E-state index is 12.3. The van der Waals surface area contributed by atoms with Gasteiger partial charge in [-0.3, -0.25) is 20.7 Å². The molecule has 3 N–H and O–H groups in total. The molecule has 114 valence electrons. The molecule has 0 fully saturated rings. The van der Waals surface area contributed by atoms with Crippen molar-refractivity contribution in [2.24, 2.45) is 0 Å². The zero-order valence-corrected chi connectivity index (χ0v) is 13.6. The van der Waals surface area contributed by atoms with E-state index in [0.29, 0.717) is 17.2 Å². The molecule has 0 aliphatic carbocycles. The van der Waals surface area contributed by atoms with Crippen LogP contribution in [0.25, 0.3) is 16.6 Å². The van der Waals surface area contributed by atoms with Crippen LogP contribution in [-0.2, 0) is 0 Å². The standard InChI is InChI=1S/C13H9IN8O/c14-7-1-2-9-8(5-7)12(19-16-9)13(23)20-17-10-3-4-11-18-15-6-22(11)21-10/h1-6H,(H,16,19)(H,17,21)(H,20,23). The van der Waals surface area contributed by atoms with Crippen LogP contribution in [0.4, 0.5) is 5.82 Å². The predicted molar refractivity (Wildman–Crippen MR) is 90.7 cm³/mol. The number of aromatic nitrogens is 6. The van der Waals surface area contributed by atoms with Crippen molar-refractivity contribution in [3.05, 3.63) is 45.9 Å². The van der Waals surface area contributed by atoms with Crippen LogP contribution >= 0.6 is 22.6 Å². The molecule has 3 aromatic heterocycles. The van der Waals surface area contributed by atoms with Crippen molar-refractivity contribution in [1.29, 1.82) is 0 Å². The van der Waals surface area contributed by atoms with E-state index in [4.69, 9.17) is 0 Å². The zero-order valence-electron chi connectivity index (χ0n) is 11.5. The summed E-state index contributed by atoms with van der Waals surface area (Å²) < 4.78 is 2.53. The molecule has 0 spiro atoms. The summed E-state index contributed by atoms with van der Waals surface area (Å²) in [6.45, 7) is 0. The van der Waals surface area contributed by atoms with Crippen molar-refractivity contribution in [3.8, 4) is 0 Å².